The van der Waals surface area contributed by atoms with Crippen LogP contribution in [0.3, 0.4) is 0 Å². The van der Waals surface area contributed by atoms with Crippen LogP contribution in [-0.2, 0) is 22.6 Å². The van der Waals surface area contributed by atoms with Crippen molar-refractivity contribution in [2.45, 2.75) is 25.2 Å². The quantitative estimate of drug-likeness (QED) is 0.354. The molecule has 0 bridgehead atoms. The van der Waals surface area contributed by atoms with Crippen LogP contribution in [0.5, 0.6) is 0 Å². The van der Waals surface area contributed by atoms with Crippen LogP contribution >= 0.6 is 0 Å². The van der Waals surface area contributed by atoms with Crippen LogP contribution in [0.15, 0.2) is 83.9 Å². The molecule has 0 spiro atoms. The summed E-state index contributed by atoms with van der Waals surface area (Å²) in [5, 5.41) is 16.5. The summed E-state index contributed by atoms with van der Waals surface area (Å²) in [6.07, 6.45) is -1.10. The molecule has 5 rings (SSSR count). The number of aliphatic imine (C=N–C) groups is 1. The number of fused-ring (bicyclic) bond motifs is 1. The molecule has 3 aromatic carbocycles. The zero-order chi connectivity index (χ0) is 25.8. The van der Waals surface area contributed by atoms with E-state index in [1.54, 1.807) is 42.5 Å². The van der Waals surface area contributed by atoms with E-state index >= 15 is 0 Å². The average molecular weight is 499 g/mol. The Balaban J connectivity index is 1.54. The molecular formula is C26H23FN8O2. The third kappa shape index (κ3) is 5.11. The van der Waals surface area contributed by atoms with Gasteiger partial charge in [-0.2, -0.15) is 5.21 Å². The molecule has 10 nitrogen and oxygen atoms in total. The van der Waals surface area contributed by atoms with Gasteiger partial charge in [-0.3, -0.25) is 9.59 Å². The normalized spacial score (nSPS) is 15.9. The Hall–Kier alpha value is -4.77. The molecule has 4 aromatic rings. The first-order valence-electron chi connectivity index (χ1n) is 11.6. The Morgan fingerprint density at radius 1 is 1.03 bits per heavy atom. The number of para-hydroxylation sites is 1. The Kier molecular flexibility index (Phi) is 6.77. The highest BCUT2D eigenvalue weighted by atomic mass is 19.1. The number of amides is 2. The van der Waals surface area contributed by atoms with Gasteiger partial charge in [-0.25, -0.2) is 9.38 Å². The summed E-state index contributed by atoms with van der Waals surface area (Å²) < 4.78 is 14.9. The lowest BCUT2D eigenvalue weighted by atomic mass is 9.99. The Bertz CT molecular complexity index is 1440. The number of benzene rings is 3. The van der Waals surface area contributed by atoms with Crippen molar-refractivity contribution in [2.24, 2.45) is 10.7 Å². The van der Waals surface area contributed by atoms with Gasteiger partial charge in [0.2, 0.25) is 12.1 Å². The van der Waals surface area contributed by atoms with Gasteiger partial charge < -0.3 is 16.0 Å². The minimum absolute atomic E-state index is 0.0468. The number of hydrogen-bond acceptors (Lipinski definition) is 7. The van der Waals surface area contributed by atoms with Crippen LogP contribution < -0.4 is 16.0 Å². The summed E-state index contributed by atoms with van der Waals surface area (Å²) in [7, 11) is 0. The number of nitrogens with one attached hydrogen (secondary N) is 2. The number of aromatic amines is 1. The van der Waals surface area contributed by atoms with Gasteiger partial charge in [0.15, 0.2) is 5.82 Å². The largest absolute Gasteiger partial charge is 0.325 e. The van der Waals surface area contributed by atoms with E-state index in [1.165, 1.54) is 11.0 Å². The standard InChI is InChI=1S/C26H23FN8O2/c27-19-12-6-4-10-17(19)23-18-11-5-7-13-21(18)35(15-22-31-33-34-32-22)26(37)24(29-23)30-25(36)20(28)14-16-8-2-1-3-9-16/h1-13,20,24H,14-15,28H2,(H,30,36)(H,31,32,33,34)/t20-,24-/m0/s1. The number of benzodiazepines with no additional fused rings is 1. The van der Waals surface area contributed by atoms with Crippen LogP contribution in [0.1, 0.15) is 22.5 Å². The zero-order valence-corrected chi connectivity index (χ0v) is 19.6. The third-order valence-corrected chi connectivity index (χ3v) is 5.94. The number of carbonyl (C=O) groups is 2. The molecule has 2 amide bonds. The lowest BCUT2D eigenvalue weighted by molar-refractivity contribution is -0.128. The maximum Gasteiger partial charge on any atom is 0.272 e. The number of aromatic nitrogens is 4. The second-order valence-electron chi connectivity index (χ2n) is 8.43. The summed E-state index contributed by atoms with van der Waals surface area (Å²) >= 11 is 0. The molecular weight excluding hydrogens is 475 g/mol. The molecule has 2 atom stereocenters. The topological polar surface area (TPSA) is 142 Å². The molecule has 0 unspecified atom stereocenters. The number of halogens is 1. The highest BCUT2D eigenvalue weighted by Crippen LogP contribution is 2.29. The van der Waals surface area contributed by atoms with E-state index in [1.807, 2.05) is 30.3 Å². The molecule has 0 fully saturated rings. The number of hydrogen-bond donors (Lipinski definition) is 3. The van der Waals surface area contributed by atoms with Crippen molar-refractivity contribution in [3.63, 3.8) is 0 Å². The minimum Gasteiger partial charge on any atom is -0.325 e. The fraction of sp³-hybridized carbons (Fsp3) is 0.154. The van der Waals surface area contributed by atoms with E-state index in [-0.39, 0.29) is 30.1 Å². The second kappa shape index (κ2) is 10.5. The molecule has 11 heteroatoms. The van der Waals surface area contributed by atoms with Crippen LogP contribution in [0, 0.1) is 5.82 Å². The van der Waals surface area contributed by atoms with E-state index < -0.39 is 29.8 Å². The molecule has 186 valence electrons. The van der Waals surface area contributed by atoms with E-state index in [0.717, 1.165) is 5.56 Å². The summed E-state index contributed by atoms with van der Waals surface area (Å²) in [5.74, 6) is -1.38. The van der Waals surface area contributed by atoms with Crippen molar-refractivity contribution >= 4 is 23.2 Å². The Morgan fingerprint density at radius 2 is 1.73 bits per heavy atom. The highest BCUT2D eigenvalue weighted by Gasteiger charge is 2.35. The van der Waals surface area contributed by atoms with Gasteiger partial charge in [0, 0.05) is 11.1 Å². The number of H-pyrrole nitrogens is 1. The van der Waals surface area contributed by atoms with Gasteiger partial charge in [-0.05, 0) is 30.2 Å². The molecule has 1 aromatic heterocycles. The summed E-state index contributed by atoms with van der Waals surface area (Å²) in [5.41, 5.74) is 8.43. The number of rotatable bonds is 7. The van der Waals surface area contributed by atoms with Gasteiger partial charge >= 0.3 is 0 Å². The molecule has 0 radical (unpaired) electrons. The van der Waals surface area contributed by atoms with Crippen molar-refractivity contribution in [3.8, 4) is 0 Å². The van der Waals surface area contributed by atoms with Gasteiger partial charge in [0.1, 0.15) is 5.82 Å². The van der Waals surface area contributed by atoms with E-state index in [0.29, 0.717) is 11.3 Å². The maximum atomic E-state index is 14.9. The fourth-order valence-electron chi connectivity index (χ4n) is 4.15. The maximum absolute atomic E-state index is 14.9. The Labute approximate surface area is 211 Å². The second-order valence-corrected chi connectivity index (χ2v) is 8.43. The molecule has 37 heavy (non-hydrogen) atoms. The summed E-state index contributed by atoms with van der Waals surface area (Å²) in [6, 6.07) is 21.5. The van der Waals surface area contributed by atoms with Crippen LogP contribution in [0.25, 0.3) is 0 Å². The van der Waals surface area contributed by atoms with Crippen molar-refractivity contribution in [1.29, 1.82) is 0 Å². The third-order valence-electron chi connectivity index (χ3n) is 5.94. The van der Waals surface area contributed by atoms with Crippen LogP contribution in [0.4, 0.5) is 10.1 Å². The van der Waals surface area contributed by atoms with Gasteiger partial charge in [0.05, 0.1) is 24.0 Å². The Morgan fingerprint density at radius 3 is 2.46 bits per heavy atom. The predicted octanol–water partition coefficient (Wildman–Crippen LogP) is 1.74. The van der Waals surface area contributed by atoms with E-state index in [4.69, 9.17) is 5.73 Å². The molecule has 0 saturated carbocycles. The number of nitrogens with zero attached hydrogens (tertiary/aromatic N) is 5. The van der Waals surface area contributed by atoms with Crippen molar-refractivity contribution in [2.75, 3.05) is 4.90 Å². The van der Waals surface area contributed by atoms with Gasteiger partial charge in [0.25, 0.3) is 5.91 Å². The smallest absolute Gasteiger partial charge is 0.272 e. The van der Waals surface area contributed by atoms with Crippen molar-refractivity contribution in [1.82, 2.24) is 25.9 Å². The fourth-order valence-corrected chi connectivity index (χ4v) is 4.15. The van der Waals surface area contributed by atoms with Crippen molar-refractivity contribution in [3.05, 3.63) is 107 Å². The number of anilines is 1. The van der Waals surface area contributed by atoms with Crippen molar-refractivity contribution < 1.29 is 14.0 Å². The molecule has 1 aliphatic rings. The average Bonchev–Trinajstić information content (AvgIpc) is 3.40. The highest BCUT2D eigenvalue weighted by molar-refractivity contribution is 6.20. The van der Waals surface area contributed by atoms with Crippen LogP contribution in [-0.4, -0.2) is 50.4 Å². The number of tetrazole rings is 1. The SMILES string of the molecule is N[C@@H](Cc1ccccc1)C(=O)N[C@@H]1N=C(c2ccccc2F)c2ccccc2N(Cc2nn[nH]n2)C1=O. The first-order chi connectivity index (χ1) is 18.0. The molecule has 4 N–H and O–H groups in total. The molecule has 2 heterocycles. The predicted molar refractivity (Wildman–Crippen MR) is 134 cm³/mol. The van der Waals surface area contributed by atoms with Gasteiger partial charge in [-0.1, -0.05) is 65.9 Å². The number of nitrogens with two attached hydrogens (primary N) is 1. The monoisotopic (exact) mass is 498 g/mol. The lowest BCUT2D eigenvalue weighted by Gasteiger charge is -2.24. The molecule has 1 aliphatic heterocycles. The van der Waals surface area contributed by atoms with Crippen LogP contribution in [0.2, 0.25) is 0 Å². The first-order valence-corrected chi connectivity index (χ1v) is 11.6. The summed E-state index contributed by atoms with van der Waals surface area (Å²) in [6.45, 7) is -0.0468. The zero-order valence-electron chi connectivity index (χ0n) is 19.6. The lowest BCUT2D eigenvalue weighted by Crippen LogP contribution is -2.52. The van der Waals surface area contributed by atoms with E-state index in [2.05, 4.69) is 30.9 Å². The molecule has 0 saturated heterocycles. The minimum atomic E-state index is -1.37. The van der Waals surface area contributed by atoms with Gasteiger partial charge in [-0.15, -0.1) is 10.2 Å². The number of carbonyl (C=O) groups excluding carboxylic acids is 2. The van der Waals surface area contributed by atoms with E-state index in [9.17, 15) is 14.0 Å². The summed E-state index contributed by atoms with van der Waals surface area (Å²) in [4.78, 5) is 32.9. The molecule has 0 aliphatic carbocycles. The first kappa shape index (κ1) is 23.9.